The Morgan fingerprint density at radius 3 is 2.62 bits per heavy atom. The first-order valence-corrected chi connectivity index (χ1v) is 6.89. The molecule has 0 saturated carbocycles. The number of pyridine rings is 1. The smallest absolute Gasteiger partial charge is 0.372 e. The molecule has 5 nitrogen and oxygen atoms in total. The molecule has 9 heteroatoms. The number of fused-ring (bicyclic) bond motifs is 1. The average Bonchev–Trinajstić information content (AvgIpc) is 2.53. The van der Waals surface area contributed by atoms with Crippen molar-refractivity contribution < 1.29 is 17.3 Å². The molecule has 1 aromatic carbocycles. The Morgan fingerprint density at radius 1 is 1.21 bits per heavy atom. The Balaban J connectivity index is 2.41. The lowest BCUT2D eigenvalue weighted by Gasteiger charge is -2.14. The van der Waals surface area contributed by atoms with E-state index in [0.29, 0.717) is 6.07 Å². The molecule has 0 fully saturated rings. The van der Waals surface area contributed by atoms with E-state index in [4.69, 9.17) is 15.7 Å². The number of anilines is 1. The van der Waals surface area contributed by atoms with Crippen molar-refractivity contribution >= 4 is 28.5 Å². The van der Waals surface area contributed by atoms with E-state index in [0.717, 1.165) is 10.6 Å². The first kappa shape index (κ1) is 12.8. The number of nitrogens with one attached hydrogen (secondary N) is 1. The molecular formula is C15H10ClF3N4O. The van der Waals surface area contributed by atoms with Gasteiger partial charge in [0.25, 0.3) is 0 Å². The number of alkyl halides is 3. The Labute approximate surface area is 142 Å². The van der Waals surface area contributed by atoms with Crippen LogP contribution in [0.25, 0.3) is 16.7 Å². The Kier molecular flexibility index (Phi) is 3.08. The molecule has 0 unspecified atom stereocenters. The van der Waals surface area contributed by atoms with Gasteiger partial charge in [-0.2, -0.15) is 18.2 Å². The molecule has 3 rings (SSSR count). The van der Waals surface area contributed by atoms with Crippen LogP contribution in [0.15, 0.2) is 41.2 Å². The van der Waals surface area contributed by atoms with Crippen molar-refractivity contribution in [3.8, 4) is 5.69 Å². The maximum absolute atomic E-state index is 13.1. The Bertz CT molecular complexity index is 1080. The molecule has 2 aromatic heterocycles. The molecule has 0 amide bonds. The predicted molar refractivity (Wildman–Crippen MR) is 84.7 cm³/mol. The third kappa shape index (κ3) is 2.69. The number of hydrogen-bond acceptors (Lipinski definition) is 4. The van der Waals surface area contributed by atoms with Gasteiger partial charge in [0.05, 0.1) is 16.1 Å². The van der Waals surface area contributed by atoms with Crippen molar-refractivity contribution in [3.63, 3.8) is 0 Å². The maximum atomic E-state index is 13.1. The second-order valence-corrected chi connectivity index (χ2v) is 5.13. The number of benzene rings is 1. The van der Waals surface area contributed by atoms with Gasteiger partial charge in [0, 0.05) is 11.1 Å². The lowest BCUT2D eigenvalue weighted by molar-refractivity contribution is -0.141. The second-order valence-electron chi connectivity index (χ2n) is 4.72. The van der Waals surface area contributed by atoms with E-state index in [9.17, 15) is 18.0 Å². The first-order chi connectivity index (χ1) is 12.5. The van der Waals surface area contributed by atoms with Gasteiger partial charge in [-0.15, -0.1) is 0 Å². The Morgan fingerprint density at radius 2 is 1.96 bits per heavy atom. The largest absolute Gasteiger partial charge is 0.433 e. The lowest BCUT2D eigenvalue weighted by atomic mass is 10.2. The fourth-order valence-corrected chi connectivity index (χ4v) is 2.42. The van der Waals surface area contributed by atoms with Gasteiger partial charge in [0.2, 0.25) is 0 Å². The van der Waals surface area contributed by atoms with Crippen molar-refractivity contribution in [1.82, 2.24) is 14.5 Å². The van der Waals surface area contributed by atoms with Crippen LogP contribution >= 0.6 is 11.6 Å². The van der Waals surface area contributed by atoms with Crippen molar-refractivity contribution in [2.45, 2.75) is 6.18 Å². The molecule has 0 bridgehead atoms. The molecule has 124 valence electrons. The maximum Gasteiger partial charge on any atom is 0.433 e. The summed E-state index contributed by atoms with van der Waals surface area (Å²) in [7, 11) is 0. The molecule has 0 aliphatic carbocycles. The highest BCUT2D eigenvalue weighted by atomic mass is 35.5. The zero-order valence-electron chi connectivity index (χ0n) is 14.7. The summed E-state index contributed by atoms with van der Waals surface area (Å²) in [4.78, 5) is 19.7. The van der Waals surface area contributed by atoms with Gasteiger partial charge in [-0.05, 0) is 24.3 Å². The molecule has 24 heavy (non-hydrogen) atoms. The molecule has 0 spiro atoms. The van der Waals surface area contributed by atoms with Gasteiger partial charge < -0.3 is 5.32 Å². The highest BCUT2D eigenvalue weighted by Crippen LogP contribution is 2.31. The van der Waals surface area contributed by atoms with E-state index >= 15 is 0 Å². The lowest BCUT2D eigenvalue weighted by Crippen LogP contribution is -2.24. The molecule has 2 heterocycles. The number of rotatable bonds is 2. The van der Waals surface area contributed by atoms with Crippen molar-refractivity contribution in [1.29, 1.82) is 0 Å². The summed E-state index contributed by atoms with van der Waals surface area (Å²) in [5, 5.41) is 2.04. The van der Waals surface area contributed by atoms with Crippen LogP contribution in [-0.2, 0) is 6.18 Å². The zero-order chi connectivity index (χ0) is 20.0. The Hall–Kier alpha value is -2.61. The van der Waals surface area contributed by atoms with Gasteiger partial charge in [0.1, 0.15) is 11.5 Å². The summed E-state index contributed by atoms with van der Waals surface area (Å²) in [6.45, 7) is -2.72. The number of nitrogens with zero attached hydrogens (tertiary/aromatic N) is 3. The third-order valence-corrected chi connectivity index (χ3v) is 3.56. The summed E-state index contributed by atoms with van der Waals surface area (Å²) in [6.07, 6.45) is -4.77. The molecule has 1 N–H and O–H groups in total. The summed E-state index contributed by atoms with van der Waals surface area (Å²) < 4.78 is 61.9. The number of aromatic nitrogens is 3. The summed E-state index contributed by atoms with van der Waals surface area (Å²) >= 11 is 6.06. The normalized spacial score (nSPS) is 14.1. The quantitative estimate of drug-likeness (QED) is 0.762. The monoisotopic (exact) mass is 357 g/mol. The molecule has 0 atom stereocenters. The highest BCUT2D eigenvalue weighted by Gasteiger charge is 2.33. The first-order valence-electron chi connectivity index (χ1n) is 8.01. The van der Waals surface area contributed by atoms with Crippen LogP contribution < -0.4 is 11.0 Å². The van der Waals surface area contributed by atoms with Crippen molar-refractivity contribution in [2.75, 3.05) is 12.3 Å². The van der Waals surface area contributed by atoms with E-state index in [1.165, 1.54) is 18.2 Å². The van der Waals surface area contributed by atoms with Crippen LogP contribution in [-0.4, -0.2) is 21.5 Å². The van der Waals surface area contributed by atoms with Gasteiger partial charge >= 0.3 is 11.9 Å². The van der Waals surface area contributed by atoms with E-state index in [1.54, 1.807) is 6.07 Å². The highest BCUT2D eigenvalue weighted by molar-refractivity contribution is 6.32. The van der Waals surface area contributed by atoms with Crippen LogP contribution in [0.3, 0.4) is 0 Å². The van der Waals surface area contributed by atoms with Crippen molar-refractivity contribution in [3.05, 3.63) is 57.6 Å². The van der Waals surface area contributed by atoms with Crippen LogP contribution in [0, 0.1) is 0 Å². The zero-order valence-corrected chi connectivity index (χ0v) is 12.5. The standard InChI is InChI=1S/C15H10ClF3N4O/c1-20-12-8-6-7-11(15(17,18)19)21-13(8)23(14(24)22-12)10-5-3-2-4-9(10)16/h2-7H,1H3,(H,20,22,24)/i1D3. The minimum Gasteiger partial charge on any atom is -0.372 e. The van der Waals surface area contributed by atoms with E-state index in [1.807, 2.05) is 5.32 Å². The van der Waals surface area contributed by atoms with Gasteiger partial charge in [0.15, 0.2) is 5.65 Å². The fraction of sp³-hybridized carbons (Fsp3) is 0.133. The molecular weight excluding hydrogens is 345 g/mol. The third-order valence-electron chi connectivity index (χ3n) is 3.24. The molecule has 3 aromatic rings. The predicted octanol–water partition coefficient (Wildman–Crippen LogP) is 3.49. The van der Waals surface area contributed by atoms with E-state index in [-0.39, 0.29) is 16.1 Å². The summed E-state index contributed by atoms with van der Waals surface area (Å²) in [6, 6.07) is 7.63. The van der Waals surface area contributed by atoms with Crippen molar-refractivity contribution in [2.24, 2.45) is 0 Å². The van der Waals surface area contributed by atoms with Crippen LogP contribution in [0.5, 0.6) is 0 Å². The summed E-state index contributed by atoms with van der Waals surface area (Å²) in [5.74, 6) is -0.403. The van der Waals surface area contributed by atoms with Crippen LogP contribution in [0.4, 0.5) is 19.0 Å². The molecule has 0 saturated heterocycles. The van der Waals surface area contributed by atoms with Gasteiger partial charge in [-0.1, -0.05) is 23.7 Å². The second kappa shape index (κ2) is 5.79. The minimum absolute atomic E-state index is 0.0638. The van der Waals surface area contributed by atoms with Crippen LogP contribution in [0.2, 0.25) is 5.02 Å². The average molecular weight is 358 g/mol. The van der Waals surface area contributed by atoms with E-state index in [2.05, 4.69) is 9.97 Å². The van der Waals surface area contributed by atoms with Gasteiger partial charge in [-0.25, -0.2) is 14.3 Å². The molecule has 0 aliphatic heterocycles. The molecule has 0 aliphatic rings. The number of para-hydroxylation sites is 1. The fourth-order valence-electron chi connectivity index (χ4n) is 2.20. The minimum atomic E-state index is -4.77. The van der Waals surface area contributed by atoms with E-state index < -0.39 is 36.0 Å². The SMILES string of the molecule is [2H]C([2H])([2H])Nc1nc(=O)n(-c2ccccc2Cl)c2nc(C(F)(F)F)ccc12. The van der Waals surface area contributed by atoms with Gasteiger partial charge in [-0.3, -0.25) is 0 Å². The van der Waals surface area contributed by atoms with Crippen LogP contribution in [0.1, 0.15) is 9.81 Å². The number of halogens is 4. The topological polar surface area (TPSA) is 59.8 Å². The number of hydrogen-bond donors (Lipinski definition) is 1. The molecule has 0 radical (unpaired) electrons. The summed E-state index contributed by atoms with van der Waals surface area (Å²) in [5.41, 5.74) is -2.64.